The van der Waals surface area contributed by atoms with E-state index >= 15 is 0 Å². The van der Waals surface area contributed by atoms with Gasteiger partial charge >= 0.3 is 11.6 Å². The molecule has 1 heterocycles. The van der Waals surface area contributed by atoms with Crippen LogP contribution in [-0.4, -0.2) is 18.2 Å². The molecule has 0 unspecified atom stereocenters. The first-order valence-corrected chi connectivity index (χ1v) is 8.71. The molecule has 0 saturated heterocycles. The lowest BCUT2D eigenvalue weighted by Gasteiger charge is -2.20. The quantitative estimate of drug-likeness (QED) is 0.503. The molecule has 0 spiro atoms. The number of esters is 1. The summed E-state index contributed by atoms with van der Waals surface area (Å²) in [7, 11) is 0. The second-order valence-corrected chi connectivity index (χ2v) is 7.36. The van der Waals surface area contributed by atoms with Gasteiger partial charge in [-0.15, -0.1) is 0 Å². The van der Waals surface area contributed by atoms with E-state index in [4.69, 9.17) is 13.9 Å². The van der Waals surface area contributed by atoms with Gasteiger partial charge in [-0.25, -0.2) is 9.59 Å². The van der Waals surface area contributed by atoms with Crippen LogP contribution in [0.4, 0.5) is 0 Å². The van der Waals surface area contributed by atoms with E-state index in [0.717, 1.165) is 11.1 Å². The van der Waals surface area contributed by atoms with Gasteiger partial charge in [0.25, 0.3) is 0 Å². The molecule has 140 valence electrons. The molecule has 5 heteroatoms. The number of hydrogen-bond acceptors (Lipinski definition) is 5. The largest absolute Gasteiger partial charge is 0.481 e. The lowest BCUT2D eigenvalue weighted by Crippen LogP contribution is -2.27. The highest BCUT2D eigenvalue weighted by Crippen LogP contribution is 2.35. The highest BCUT2D eigenvalue weighted by Gasteiger charge is 2.19. The Morgan fingerprint density at radius 3 is 2.44 bits per heavy atom. The van der Waals surface area contributed by atoms with Crippen LogP contribution in [0.25, 0.3) is 22.1 Å². The van der Waals surface area contributed by atoms with Crippen LogP contribution >= 0.6 is 0 Å². The molecule has 5 nitrogen and oxygen atoms in total. The van der Waals surface area contributed by atoms with Crippen molar-refractivity contribution in [3.8, 4) is 16.9 Å². The average molecular weight is 366 g/mol. The van der Waals surface area contributed by atoms with E-state index in [1.54, 1.807) is 26.8 Å². The number of aryl methyl sites for hydroxylation is 1. The van der Waals surface area contributed by atoms with Gasteiger partial charge in [-0.05, 0) is 51.0 Å². The zero-order valence-electron chi connectivity index (χ0n) is 15.9. The molecule has 0 fully saturated rings. The predicted molar refractivity (Wildman–Crippen MR) is 104 cm³/mol. The average Bonchev–Trinajstić information content (AvgIpc) is 2.57. The molecule has 0 N–H and O–H groups in total. The van der Waals surface area contributed by atoms with Crippen molar-refractivity contribution in [1.82, 2.24) is 0 Å². The molecule has 27 heavy (non-hydrogen) atoms. The van der Waals surface area contributed by atoms with Crippen LogP contribution in [-0.2, 0) is 9.53 Å². The minimum atomic E-state index is -0.586. The smallest absolute Gasteiger partial charge is 0.344 e. The third kappa shape index (κ3) is 4.56. The Morgan fingerprint density at radius 1 is 1.07 bits per heavy atom. The maximum Gasteiger partial charge on any atom is 0.344 e. The molecule has 3 rings (SSSR count). The van der Waals surface area contributed by atoms with Crippen LogP contribution < -0.4 is 10.4 Å². The van der Waals surface area contributed by atoms with Crippen LogP contribution in [0.1, 0.15) is 26.3 Å². The van der Waals surface area contributed by atoms with Gasteiger partial charge < -0.3 is 13.9 Å². The molecule has 1 aromatic heterocycles. The first-order chi connectivity index (χ1) is 12.7. The normalized spacial score (nSPS) is 11.4. The van der Waals surface area contributed by atoms with Gasteiger partial charge in [-0.2, -0.15) is 0 Å². The second-order valence-electron chi connectivity index (χ2n) is 7.36. The van der Waals surface area contributed by atoms with Crippen molar-refractivity contribution in [2.24, 2.45) is 0 Å². The van der Waals surface area contributed by atoms with Gasteiger partial charge in [0.1, 0.15) is 16.9 Å². The van der Waals surface area contributed by atoms with E-state index in [0.29, 0.717) is 22.3 Å². The molecule has 2 aromatic carbocycles. The molecule has 3 aromatic rings. The number of fused-ring (bicyclic) bond motifs is 1. The van der Waals surface area contributed by atoms with Crippen molar-refractivity contribution in [1.29, 1.82) is 0 Å². The van der Waals surface area contributed by atoms with Gasteiger partial charge in [0.15, 0.2) is 6.61 Å². The van der Waals surface area contributed by atoms with Gasteiger partial charge in [0.2, 0.25) is 0 Å². The molecule has 0 aliphatic rings. The minimum absolute atomic E-state index is 0.233. The van der Waals surface area contributed by atoms with E-state index in [1.807, 2.05) is 43.3 Å². The van der Waals surface area contributed by atoms with Gasteiger partial charge in [-0.3, -0.25) is 0 Å². The van der Waals surface area contributed by atoms with Crippen molar-refractivity contribution < 1.29 is 18.7 Å². The van der Waals surface area contributed by atoms with Crippen LogP contribution in [0.5, 0.6) is 5.75 Å². The maximum absolute atomic E-state index is 12.0. The van der Waals surface area contributed by atoms with E-state index in [2.05, 4.69) is 0 Å². The molecule has 0 saturated carbocycles. The fourth-order valence-corrected chi connectivity index (χ4v) is 2.86. The molecule has 0 amide bonds. The summed E-state index contributed by atoms with van der Waals surface area (Å²) in [5, 5.41) is 0.648. The SMILES string of the molecule is Cc1cc(OCC(=O)OC(C)(C)C)c2c(-c3ccccc3)cc(=O)oc2c1. The zero-order valence-corrected chi connectivity index (χ0v) is 15.9. The van der Waals surface area contributed by atoms with Gasteiger partial charge in [0.05, 0.1) is 5.39 Å². The molecular formula is C22H22O5. The number of carbonyl (C=O) groups is 1. The number of ether oxygens (including phenoxy) is 2. The minimum Gasteiger partial charge on any atom is -0.481 e. The van der Waals surface area contributed by atoms with Crippen LogP contribution in [0.2, 0.25) is 0 Å². The van der Waals surface area contributed by atoms with E-state index < -0.39 is 17.2 Å². The topological polar surface area (TPSA) is 65.7 Å². The van der Waals surface area contributed by atoms with Gasteiger partial charge in [-0.1, -0.05) is 30.3 Å². The summed E-state index contributed by atoms with van der Waals surface area (Å²) < 4.78 is 16.5. The Balaban J connectivity index is 2.07. The molecule has 0 aliphatic carbocycles. The summed E-state index contributed by atoms with van der Waals surface area (Å²) in [5.41, 5.74) is 1.81. The molecule has 0 aliphatic heterocycles. The third-order valence-corrected chi connectivity index (χ3v) is 3.80. The van der Waals surface area contributed by atoms with Gasteiger partial charge in [0, 0.05) is 11.6 Å². The zero-order chi connectivity index (χ0) is 19.6. The molecule has 0 radical (unpaired) electrons. The fraction of sp³-hybridized carbons (Fsp3) is 0.273. The van der Waals surface area contributed by atoms with Crippen LogP contribution in [0.3, 0.4) is 0 Å². The number of hydrogen-bond donors (Lipinski definition) is 0. The Morgan fingerprint density at radius 2 is 1.78 bits per heavy atom. The summed E-state index contributed by atoms with van der Waals surface area (Å²) in [6.45, 7) is 7.04. The summed E-state index contributed by atoms with van der Waals surface area (Å²) in [4.78, 5) is 24.1. The Bertz CT molecular complexity index is 1030. The van der Waals surface area contributed by atoms with E-state index in [1.165, 1.54) is 6.07 Å². The Kier molecular flexibility index (Phi) is 5.04. The first-order valence-electron chi connectivity index (χ1n) is 8.71. The highest BCUT2D eigenvalue weighted by atomic mass is 16.6. The van der Waals surface area contributed by atoms with Crippen molar-refractivity contribution in [2.75, 3.05) is 6.61 Å². The van der Waals surface area contributed by atoms with E-state index in [9.17, 15) is 9.59 Å². The number of benzene rings is 2. The molecule has 0 bridgehead atoms. The van der Waals surface area contributed by atoms with Crippen molar-refractivity contribution in [3.63, 3.8) is 0 Å². The summed E-state index contributed by atoms with van der Waals surface area (Å²) >= 11 is 0. The van der Waals surface area contributed by atoms with Crippen LogP contribution in [0.15, 0.2) is 57.7 Å². The van der Waals surface area contributed by atoms with E-state index in [-0.39, 0.29) is 6.61 Å². The Hall–Kier alpha value is -3.08. The van der Waals surface area contributed by atoms with Crippen molar-refractivity contribution in [3.05, 3.63) is 64.5 Å². The maximum atomic E-state index is 12.0. The summed E-state index contributed by atoms with van der Waals surface area (Å²) in [6.07, 6.45) is 0. The number of rotatable bonds is 4. The summed E-state index contributed by atoms with van der Waals surface area (Å²) in [5.74, 6) is 0.00858. The lowest BCUT2D eigenvalue weighted by atomic mass is 10.0. The third-order valence-electron chi connectivity index (χ3n) is 3.80. The Labute approximate surface area is 157 Å². The van der Waals surface area contributed by atoms with Crippen molar-refractivity contribution >= 4 is 16.9 Å². The second kappa shape index (κ2) is 7.27. The predicted octanol–water partition coefficient (Wildman–Crippen LogP) is 4.49. The monoisotopic (exact) mass is 366 g/mol. The van der Waals surface area contributed by atoms with Crippen molar-refractivity contribution in [2.45, 2.75) is 33.3 Å². The molecular weight excluding hydrogens is 344 g/mol. The first kappa shape index (κ1) is 18.7. The molecule has 0 atom stereocenters. The standard InChI is InChI=1S/C22H22O5/c1-14-10-17(25-13-20(24)27-22(2,3)4)21-16(15-8-6-5-7-9-15)12-19(23)26-18(21)11-14/h5-12H,13H2,1-4H3. The van der Waals surface area contributed by atoms with Crippen LogP contribution in [0, 0.1) is 6.92 Å². The number of carbonyl (C=O) groups excluding carboxylic acids is 1. The lowest BCUT2D eigenvalue weighted by molar-refractivity contribution is -0.157. The fourth-order valence-electron chi connectivity index (χ4n) is 2.86. The highest BCUT2D eigenvalue weighted by molar-refractivity contribution is 5.98. The summed E-state index contributed by atoms with van der Waals surface area (Å²) in [6, 6.07) is 14.5.